The summed E-state index contributed by atoms with van der Waals surface area (Å²) in [5.41, 5.74) is 5.97. The predicted molar refractivity (Wildman–Crippen MR) is 125 cm³/mol. The van der Waals surface area contributed by atoms with Gasteiger partial charge in [-0.25, -0.2) is 4.98 Å². The summed E-state index contributed by atoms with van der Waals surface area (Å²) in [4.78, 5) is 5.07. The first-order valence-electron chi connectivity index (χ1n) is 9.86. The Morgan fingerprint density at radius 2 is 1.66 bits per heavy atom. The van der Waals surface area contributed by atoms with Crippen molar-refractivity contribution in [3.8, 4) is 11.4 Å². The smallest absolute Gasteiger partial charge is 0.141 e. The summed E-state index contributed by atoms with van der Waals surface area (Å²) in [7, 11) is 0. The van der Waals surface area contributed by atoms with E-state index in [1.165, 1.54) is 5.56 Å². The largest absolute Gasteiger partial charge is 0.351 e. The molecule has 4 aromatic rings. The molecule has 0 amide bonds. The Kier molecular flexibility index (Phi) is 5.79. The van der Waals surface area contributed by atoms with Crippen LogP contribution in [0, 0.1) is 6.92 Å². The summed E-state index contributed by atoms with van der Waals surface area (Å²) in [6.07, 6.45) is 2.22. The van der Waals surface area contributed by atoms with Gasteiger partial charge in [-0.2, -0.15) is 0 Å². The Hall–Kier alpha value is -2.49. The van der Waals surface area contributed by atoms with Crippen molar-refractivity contribution in [3.05, 3.63) is 76.3 Å². The molecule has 0 fully saturated rings. The van der Waals surface area contributed by atoms with Crippen molar-refractivity contribution in [2.45, 2.75) is 33.2 Å². The summed E-state index contributed by atoms with van der Waals surface area (Å²) in [5.74, 6) is 0.992. The van der Waals surface area contributed by atoms with Crippen molar-refractivity contribution in [1.29, 1.82) is 0 Å². The second-order valence-corrected chi connectivity index (χ2v) is 7.96. The molecule has 0 unspecified atom stereocenters. The van der Waals surface area contributed by atoms with E-state index in [4.69, 9.17) is 28.2 Å². The van der Waals surface area contributed by atoms with E-state index in [2.05, 4.69) is 54.1 Å². The van der Waals surface area contributed by atoms with Crippen molar-refractivity contribution in [1.82, 2.24) is 9.55 Å². The third-order valence-corrected chi connectivity index (χ3v) is 5.75. The van der Waals surface area contributed by atoms with Gasteiger partial charge in [0.25, 0.3) is 0 Å². The first kappa shape index (κ1) is 19.8. The molecule has 0 spiro atoms. The number of anilines is 2. The van der Waals surface area contributed by atoms with Gasteiger partial charge in [0.1, 0.15) is 11.3 Å². The molecule has 0 aliphatic heterocycles. The van der Waals surface area contributed by atoms with Gasteiger partial charge in [-0.15, -0.1) is 0 Å². The quantitative estimate of drug-likeness (QED) is 0.341. The van der Waals surface area contributed by atoms with Crippen LogP contribution in [0.15, 0.2) is 60.7 Å². The van der Waals surface area contributed by atoms with Gasteiger partial charge in [0, 0.05) is 12.1 Å². The van der Waals surface area contributed by atoms with Gasteiger partial charge >= 0.3 is 0 Å². The van der Waals surface area contributed by atoms with E-state index < -0.39 is 0 Å². The lowest BCUT2D eigenvalue weighted by atomic mass is 10.1. The highest BCUT2D eigenvalue weighted by Gasteiger charge is 2.17. The van der Waals surface area contributed by atoms with Crippen molar-refractivity contribution in [2.75, 3.05) is 5.32 Å². The number of benzene rings is 3. The van der Waals surface area contributed by atoms with Gasteiger partial charge in [-0.3, -0.25) is 0 Å². The summed E-state index contributed by atoms with van der Waals surface area (Å²) >= 11 is 12.8. The van der Waals surface area contributed by atoms with Crippen LogP contribution in [-0.2, 0) is 6.54 Å². The molecule has 5 heteroatoms. The molecule has 3 nitrogen and oxygen atoms in total. The van der Waals surface area contributed by atoms with E-state index in [-0.39, 0.29) is 0 Å². The van der Waals surface area contributed by atoms with Crippen LogP contribution < -0.4 is 5.32 Å². The molecule has 1 heterocycles. The number of nitrogens with zero attached hydrogens (tertiary/aromatic N) is 2. The Morgan fingerprint density at radius 1 is 0.931 bits per heavy atom. The highest BCUT2D eigenvalue weighted by molar-refractivity contribution is 6.39. The molecule has 0 bridgehead atoms. The van der Waals surface area contributed by atoms with Gasteiger partial charge < -0.3 is 9.88 Å². The SMILES string of the molecule is CCCCn1c(-c2ccccc2C)nc2c(Nc3c(Cl)cccc3Cl)cccc21. The number of aromatic nitrogens is 2. The third kappa shape index (κ3) is 3.85. The highest BCUT2D eigenvalue weighted by Crippen LogP contribution is 2.36. The van der Waals surface area contributed by atoms with Crippen LogP contribution in [0.5, 0.6) is 0 Å². The molecule has 29 heavy (non-hydrogen) atoms. The molecule has 1 aromatic heterocycles. The van der Waals surface area contributed by atoms with Gasteiger partial charge in [-0.05, 0) is 43.2 Å². The number of para-hydroxylation sites is 2. The summed E-state index contributed by atoms with van der Waals surface area (Å²) < 4.78 is 2.32. The minimum atomic E-state index is 0.582. The molecular formula is C24H23Cl2N3. The van der Waals surface area contributed by atoms with E-state index in [0.29, 0.717) is 15.7 Å². The van der Waals surface area contributed by atoms with Crippen LogP contribution >= 0.6 is 23.2 Å². The van der Waals surface area contributed by atoms with Crippen LogP contribution in [0.4, 0.5) is 11.4 Å². The molecule has 3 aromatic carbocycles. The number of hydrogen-bond acceptors (Lipinski definition) is 2. The van der Waals surface area contributed by atoms with Gasteiger partial charge in [0.2, 0.25) is 0 Å². The molecule has 0 atom stereocenters. The average molecular weight is 424 g/mol. The topological polar surface area (TPSA) is 29.9 Å². The maximum Gasteiger partial charge on any atom is 0.141 e. The van der Waals surface area contributed by atoms with E-state index in [1.54, 1.807) is 0 Å². The Labute approximate surface area is 181 Å². The van der Waals surface area contributed by atoms with Crippen molar-refractivity contribution in [2.24, 2.45) is 0 Å². The lowest BCUT2D eigenvalue weighted by Gasteiger charge is -2.12. The van der Waals surface area contributed by atoms with Crippen molar-refractivity contribution in [3.63, 3.8) is 0 Å². The zero-order chi connectivity index (χ0) is 20.4. The molecule has 0 saturated heterocycles. The third-order valence-electron chi connectivity index (χ3n) is 5.12. The Balaban J connectivity index is 1.89. The second-order valence-electron chi connectivity index (χ2n) is 7.15. The van der Waals surface area contributed by atoms with Crippen LogP contribution in [0.25, 0.3) is 22.4 Å². The predicted octanol–water partition coefficient (Wildman–Crippen LogP) is 7.86. The zero-order valence-electron chi connectivity index (χ0n) is 16.5. The molecule has 0 saturated carbocycles. The fourth-order valence-electron chi connectivity index (χ4n) is 3.57. The fourth-order valence-corrected chi connectivity index (χ4v) is 4.06. The molecule has 0 aliphatic rings. The van der Waals surface area contributed by atoms with E-state index >= 15 is 0 Å². The zero-order valence-corrected chi connectivity index (χ0v) is 18.1. The first-order valence-corrected chi connectivity index (χ1v) is 10.6. The van der Waals surface area contributed by atoms with Gasteiger partial charge in [0.15, 0.2) is 0 Å². The van der Waals surface area contributed by atoms with Gasteiger partial charge in [-0.1, -0.05) is 72.9 Å². The lowest BCUT2D eigenvalue weighted by molar-refractivity contribution is 0.651. The van der Waals surface area contributed by atoms with Gasteiger partial charge in [0.05, 0.1) is 26.9 Å². The highest BCUT2D eigenvalue weighted by atomic mass is 35.5. The molecule has 4 rings (SSSR count). The maximum absolute atomic E-state index is 6.38. The van der Waals surface area contributed by atoms with Crippen LogP contribution in [0.1, 0.15) is 25.3 Å². The first-order chi connectivity index (χ1) is 14.1. The molecule has 0 radical (unpaired) electrons. The van der Waals surface area contributed by atoms with E-state index in [9.17, 15) is 0 Å². The molecule has 148 valence electrons. The van der Waals surface area contributed by atoms with Crippen LogP contribution in [0.2, 0.25) is 10.0 Å². The number of unbranched alkanes of at least 4 members (excludes halogenated alkanes) is 1. The summed E-state index contributed by atoms with van der Waals surface area (Å²) in [6, 6.07) is 20.1. The Bertz CT molecular complexity index is 1140. The number of aryl methyl sites for hydroxylation is 2. The van der Waals surface area contributed by atoms with E-state index in [0.717, 1.165) is 47.5 Å². The lowest BCUT2D eigenvalue weighted by Crippen LogP contribution is -2.01. The number of rotatable bonds is 6. The average Bonchev–Trinajstić information content (AvgIpc) is 3.08. The van der Waals surface area contributed by atoms with Crippen molar-refractivity contribution < 1.29 is 0 Å². The monoisotopic (exact) mass is 423 g/mol. The molecule has 0 aliphatic carbocycles. The van der Waals surface area contributed by atoms with Crippen molar-refractivity contribution >= 4 is 45.6 Å². The maximum atomic E-state index is 6.38. The minimum Gasteiger partial charge on any atom is -0.351 e. The Morgan fingerprint density at radius 3 is 2.38 bits per heavy atom. The van der Waals surface area contributed by atoms with Crippen LogP contribution in [0.3, 0.4) is 0 Å². The molecular weight excluding hydrogens is 401 g/mol. The fraction of sp³-hybridized carbons (Fsp3) is 0.208. The number of imidazole rings is 1. The van der Waals surface area contributed by atoms with Crippen LogP contribution in [-0.4, -0.2) is 9.55 Å². The number of hydrogen-bond donors (Lipinski definition) is 1. The number of halogens is 2. The summed E-state index contributed by atoms with van der Waals surface area (Å²) in [5, 5.41) is 4.57. The second kappa shape index (κ2) is 8.48. The number of nitrogens with one attached hydrogen (secondary N) is 1. The molecule has 1 N–H and O–H groups in total. The normalized spacial score (nSPS) is 11.2. The van der Waals surface area contributed by atoms with E-state index in [1.807, 2.05) is 30.3 Å². The summed E-state index contributed by atoms with van der Waals surface area (Å²) in [6.45, 7) is 5.26. The minimum absolute atomic E-state index is 0.582. The standard InChI is InChI=1S/C24H23Cl2N3/c1-3-4-15-29-21-14-8-13-20(27-22-18(25)11-7-12-19(22)26)23(21)28-24(29)17-10-6-5-9-16(17)2/h5-14,27H,3-4,15H2,1-2H3. The number of fused-ring (bicyclic) bond motifs is 1.